The van der Waals surface area contributed by atoms with Crippen molar-refractivity contribution in [3.05, 3.63) is 45.6 Å². The molecular weight excluding hydrogens is 256 g/mol. The molecule has 0 radical (unpaired) electrons. The Morgan fingerprint density at radius 3 is 2.87 bits per heavy atom. The van der Waals surface area contributed by atoms with Crippen molar-refractivity contribution in [2.24, 2.45) is 0 Å². The summed E-state index contributed by atoms with van der Waals surface area (Å²) in [6, 6.07) is 5.90. The summed E-state index contributed by atoms with van der Waals surface area (Å²) < 4.78 is 6.27. The highest BCUT2D eigenvalue weighted by Gasteiger charge is 2.19. The number of halogens is 1. The minimum absolute atomic E-state index is 0.650. The fourth-order valence-corrected chi connectivity index (χ4v) is 2.34. The van der Waals surface area contributed by atoms with Gasteiger partial charge in [-0.05, 0) is 24.6 Å². The first-order valence-corrected chi connectivity index (χ1v) is 5.75. The minimum Gasteiger partial charge on any atom is -0.495 e. The summed E-state index contributed by atoms with van der Waals surface area (Å²) in [5, 5.41) is 10.1. The minimum atomic E-state index is -0.650. The molecule has 1 aliphatic heterocycles. The zero-order valence-electron chi connectivity index (χ0n) is 8.53. The van der Waals surface area contributed by atoms with Crippen molar-refractivity contribution in [1.82, 2.24) is 0 Å². The third kappa shape index (κ3) is 2.24. The van der Waals surface area contributed by atoms with Crippen LogP contribution in [0.3, 0.4) is 0 Å². The van der Waals surface area contributed by atoms with Gasteiger partial charge >= 0.3 is 0 Å². The van der Waals surface area contributed by atoms with Crippen LogP contribution in [0.1, 0.15) is 23.7 Å². The molecule has 1 aromatic carbocycles. The number of benzene rings is 1. The average Bonchev–Trinajstić information content (AvgIpc) is 2.69. The third-order valence-corrected chi connectivity index (χ3v) is 3.14. The summed E-state index contributed by atoms with van der Waals surface area (Å²) in [4.78, 5) is 0. The number of hydrogen-bond donors (Lipinski definition) is 1. The van der Waals surface area contributed by atoms with E-state index in [0.29, 0.717) is 12.4 Å². The van der Waals surface area contributed by atoms with E-state index in [2.05, 4.69) is 15.9 Å². The molecule has 0 aromatic heterocycles. The Kier molecular flexibility index (Phi) is 3.12. The van der Waals surface area contributed by atoms with E-state index in [4.69, 9.17) is 4.74 Å². The Bertz CT molecular complexity index is 399. The van der Waals surface area contributed by atoms with Crippen molar-refractivity contribution in [1.29, 1.82) is 0 Å². The quantitative estimate of drug-likeness (QED) is 0.894. The van der Waals surface area contributed by atoms with Gasteiger partial charge in [0, 0.05) is 16.5 Å². The molecule has 15 heavy (non-hydrogen) atoms. The van der Waals surface area contributed by atoms with Crippen LogP contribution in [-0.2, 0) is 4.74 Å². The maximum absolute atomic E-state index is 10.1. The number of aliphatic hydroxyl groups is 1. The Morgan fingerprint density at radius 1 is 1.47 bits per heavy atom. The van der Waals surface area contributed by atoms with Gasteiger partial charge < -0.3 is 9.84 Å². The molecule has 0 fully saturated rings. The Labute approximate surface area is 97.7 Å². The van der Waals surface area contributed by atoms with Gasteiger partial charge in [0.25, 0.3) is 0 Å². The molecule has 1 atom stereocenters. The number of hydrogen-bond acceptors (Lipinski definition) is 2. The van der Waals surface area contributed by atoms with E-state index < -0.39 is 6.10 Å². The molecule has 2 rings (SSSR count). The van der Waals surface area contributed by atoms with Crippen LogP contribution in [0.25, 0.3) is 0 Å². The monoisotopic (exact) mass is 268 g/mol. The number of rotatable bonds is 2. The lowest BCUT2D eigenvalue weighted by molar-refractivity contribution is 0.118. The van der Waals surface area contributed by atoms with E-state index in [0.717, 1.165) is 16.5 Å². The molecule has 2 nitrogen and oxygen atoms in total. The molecule has 1 aliphatic rings. The first-order chi connectivity index (χ1) is 7.18. The zero-order valence-corrected chi connectivity index (χ0v) is 10.1. The van der Waals surface area contributed by atoms with Crippen molar-refractivity contribution < 1.29 is 9.84 Å². The molecule has 0 aliphatic carbocycles. The smallest absolute Gasteiger partial charge is 0.137 e. The van der Waals surface area contributed by atoms with E-state index in [-0.39, 0.29) is 0 Å². The standard InChI is InChI=1S/C12H13BrO2/c1-8-4-5-9(10(13)7-8)12(14)11-3-2-6-15-11/h3-5,7,12,14H,2,6H2,1H3. The zero-order chi connectivity index (χ0) is 10.8. The molecular formula is C12H13BrO2. The SMILES string of the molecule is Cc1ccc(C(O)C2=CCCO2)c(Br)c1. The fourth-order valence-electron chi connectivity index (χ4n) is 1.63. The first kappa shape index (κ1) is 10.7. The van der Waals surface area contributed by atoms with Gasteiger partial charge in [-0.25, -0.2) is 0 Å². The second kappa shape index (κ2) is 4.37. The Morgan fingerprint density at radius 2 is 2.27 bits per heavy atom. The molecule has 0 amide bonds. The summed E-state index contributed by atoms with van der Waals surface area (Å²) in [5.74, 6) is 0.666. The second-order valence-electron chi connectivity index (χ2n) is 3.67. The van der Waals surface area contributed by atoms with Crippen LogP contribution in [0.4, 0.5) is 0 Å². The summed E-state index contributed by atoms with van der Waals surface area (Å²) in [5.41, 5.74) is 2.02. The molecule has 0 spiro atoms. The van der Waals surface area contributed by atoms with Crippen LogP contribution >= 0.6 is 15.9 Å². The highest BCUT2D eigenvalue weighted by Crippen LogP contribution is 2.31. The average molecular weight is 269 g/mol. The molecule has 0 saturated heterocycles. The lowest BCUT2D eigenvalue weighted by Gasteiger charge is -2.14. The number of aliphatic hydroxyl groups excluding tert-OH is 1. The predicted octanol–water partition coefficient (Wildman–Crippen LogP) is 3.10. The second-order valence-corrected chi connectivity index (χ2v) is 4.53. The van der Waals surface area contributed by atoms with Crippen LogP contribution in [0.5, 0.6) is 0 Å². The van der Waals surface area contributed by atoms with E-state index in [1.165, 1.54) is 5.56 Å². The summed E-state index contributed by atoms with van der Waals surface area (Å²) >= 11 is 3.45. The summed E-state index contributed by atoms with van der Waals surface area (Å²) in [7, 11) is 0. The van der Waals surface area contributed by atoms with Gasteiger partial charge in [0.2, 0.25) is 0 Å². The molecule has 3 heteroatoms. The van der Waals surface area contributed by atoms with Crippen molar-refractivity contribution in [2.45, 2.75) is 19.4 Å². The van der Waals surface area contributed by atoms with Gasteiger partial charge in [-0.1, -0.05) is 28.1 Å². The highest BCUT2D eigenvalue weighted by molar-refractivity contribution is 9.10. The van der Waals surface area contributed by atoms with Crippen LogP contribution in [-0.4, -0.2) is 11.7 Å². The molecule has 1 N–H and O–H groups in total. The number of aryl methyl sites for hydroxylation is 1. The van der Waals surface area contributed by atoms with Gasteiger partial charge in [0.15, 0.2) is 0 Å². The number of ether oxygens (including phenoxy) is 1. The molecule has 1 aromatic rings. The van der Waals surface area contributed by atoms with E-state index in [9.17, 15) is 5.11 Å². The van der Waals surface area contributed by atoms with Gasteiger partial charge in [0.1, 0.15) is 11.9 Å². The van der Waals surface area contributed by atoms with Crippen molar-refractivity contribution >= 4 is 15.9 Å². The molecule has 0 bridgehead atoms. The largest absolute Gasteiger partial charge is 0.495 e. The van der Waals surface area contributed by atoms with Gasteiger partial charge in [0.05, 0.1) is 6.61 Å². The molecule has 80 valence electrons. The summed E-state index contributed by atoms with van der Waals surface area (Å²) in [6.07, 6.45) is 2.18. The van der Waals surface area contributed by atoms with Crippen LogP contribution < -0.4 is 0 Å². The lowest BCUT2D eigenvalue weighted by atomic mass is 10.1. The van der Waals surface area contributed by atoms with Gasteiger partial charge in [-0.15, -0.1) is 0 Å². The van der Waals surface area contributed by atoms with Crippen LogP contribution in [0, 0.1) is 6.92 Å². The van der Waals surface area contributed by atoms with Crippen LogP contribution in [0.15, 0.2) is 34.5 Å². The van der Waals surface area contributed by atoms with Crippen molar-refractivity contribution in [3.8, 4) is 0 Å². The topological polar surface area (TPSA) is 29.5 Å². The van der Waals surface area contributed by atoms with E-state index in [1.807, 2.05) is 31.2 Å². The van der Waals surface area contributed by atoms with Crippen molar-refractivity contribution in [3.63, 3.8) is 0 Å². The van der Waals surface area contributed by atoms with Gasteiger partial charge in [-0.3, -0.25) is 0 Å². The first-order valence-electron chi connectivity index (χ1n) is 4.95. The van der Waals surface area contributed by atoms with Crippen molar-refractivity contribution in [2.75, 3.05) is 6.61 Å². The lowest BCUT2D eigenvalue weighted by Crippen LogP contribution is -2.03. The fraction of sp³-hybridized carbons (Fsp3) is 0.333. The Hall–Kier alpha value is -0.800. The van der Waals surface area contributed by atoms with E-state index >= 15 is 0 Å². The maximum Gasteiger partial charge on any atom is 0.137 e. The van der Waals surface area contributed by atoms with Gasteiger partial charge in [-0.2, -0.15) is 0 Å². The highest BCUT2D eigenvalue weighted by atomic mass is 79.9. The predicted molar refractivity (Wildman–Crippen MR) is 62.5 cm³/mol. The normalized spacial score (nSPS) is 17.1. The van der Waals surface area contributed by atoms with Crippen LogP contribution in [0.2, 0.25) is 0 Å². The summed E-state index contributed by atoms with van der Waals surface area (Å²) in [6.45, 7) is 2.70. The molecule has 0 saturated carbocycles. The maximum atomic E-state index is 10.1. The Balaban J connectivity index is 2.28. The molecule has 1 heterocycles. The third-order valence-electron chi connectivity index (χ3n) is 2.45. The van der Waals surface area contributed by atoms with E-state index in [1.54, 1.807) is 0 Å². The molecule has 1 unspecified atom stereocenters.